The molecule has 35 heavy (non-hydrogen) atoms. The third-order valence-corrected chi connectivity index (χ3v) is 6.10. The molecule has 8 nitrogen and oxygen atoms in total. The van der Waals surface area contributed by atoms with E-state index in [0.29, 0.717) is 28.2 Å². The van der Waals surface area contributed by atoms with Gasteiger partial charge in [-0.3, -0.25) is 0 Å². The molecule has 2 N–H and O–H groups in total. The summed E-state index contributed by atoms with van der Waals surface area (Å²) < 4.78 is 46.3. The summed E-state index contributed by atoms with van der Waals surface area (Å²) in [5.41, 5.74) is -0.213. The second-order valence-corrected chi connectivity index (χ2v) is 9.06. The third-order valence-electron chi connectivity index (χ3n) is 6.10. The Morgan fingerprint density at radius 2 is 1.80 bits per heavy atom. The van der Waals surface area contributed by atoms with Crippen LogP contribution in [0.2, 0.25) is 0 Å². The summed E-state index contributed by atoms with van der Waals surface area (Å²) in [6.07, 6.45) is 3.35. The van der Waals surface area contributed by atoms with Crippen LogP contribution in [0, 0.1) is 12.7 Å². The normalized spacial score (nSPS) is 21.9. The minimum atomic E-state index is -3.09. The molecular weight excluding hydrogens is 463 g/mol. The van der Waals surface area contributed by atoms with Crippen molar-refractivity contribution < 1.29 is 28.1 Å². The van der Waals surface area contributed by atoms with Gasteiger partial charge in [-0.05, 0) is 38.1 Å². The van der Waals surface area contributed by atoms with Crippen LogP contribution in [0.25, 0.3) is 22.4 Å². The van der Waals surface area contributed by atoms with Gasteiger partial charge in [0.05, 0.1) is 17.8 Å². The topological polar surface area (TPSA) is 106 Å². The summed E-state index contributed by atoms with van der Waals surface area (Å²) in [6.45, 7) is 0.148. The average molecular weight is 485 g/mol. The highest BCUT2D eigenvalue weighted by atomic mass is 19.3. The first-order valence-electron chi connectivity index (χ1n) is 10.9. The lowest BCUT2D eigenvalue weighted by Gasteiger charge is -2.46. The van der Waals surface area contributed by atoms with Crippen LogP contribution in [0.4, 0.5) is 13.2 Å². The summed E-state index contributed by atoms with van der Waals surface area (Å²) in [5.74, 6) is -0.200. The molecule has 4 aromatic rings. The molecule has 5 rings (SSSR count). The standard InChI is InChI=1S/C24H22F3N5O3/c1-13-30-18-7-6-17(14-8-28-21(29-9-14)24(34)11-23(2,33)12-24)31-20(18)32(13)10-15-16(25)4-3-5-19(15)35-22(26)27/h3-9,22,33-34H,10-12H2,1-2H3. The molecule has 0 spiro atoms. The molecule has 1 aromatic carbocycles. The van der Waals surface area contributed by atoms with Crippen molar-refractivity contribution in [1.82, 2.24) is 24.5 Å². The number of benzene rings is 1. The van der Waals surface area contributed by atoms with Gasteiger partial charge in [0.25, 0.3) is 0 Å². The molecule has 0 bridgehead atoms. The van der Waals surface area contributed by atoms with Gasteiger partial charge < -0.3 is 19.5 Å². The summed E-state index contributed by atoms with van der Waals surface area (Å²) in [4.78, 5) is 17.6. The number of hydrogen-bond donors (Lipinski definition) is 2. The van der Waals surface area contributed by atoms with Crippen LogP contribution in [0.3, 0.4) is 0 Å². The molecule has 1 fully saturated rings. The molecule has 0 radical (unpaired) electrons. The van der Waals surface area contributed by atoms with Crippen molar-refractivity contribution in [2.24, 2.45) is 0 Å². The van der Waals surface area contributed by atoms with E-state index >= 15 is 0 Å². The number of rotatable bonds is 6. The first-order chi connectivity index (χ1) is 16.5. The second kappa shape index (κ2) is 8.28. The minimum absolute atomic E-state index is 0.0419. The van der Waals surface area contributed by atoms with Gasteiger partial charge in [0.2, 0.25) is 0 Å². The lowest BCUT2D eigenvalue weighted by molar-refractivity contribution is -0.180. The largest absolute Gasteiger partial charge is 0.434 e. The van der Waals surface area contributed by atoms with Crippen molar-refractivity contribution in [1.29, 1.82) is 0 Å². The molecule has 182 valence electrons. The summed E-state index contributed by atoms with van der Waals surface area (Å²) in [5, 5.41) is 20.6. The Morgan fingerprint density at radius 1 is 1.09 bits per heavy atom. The Kier molecular flexibility index (Phi) is 5.48. The van der Waals surface area contributed by atoms with Gasteiger partial charge in [-0.1, -0.05) is 6.07 Å². The van der Waals surface area contributed by atoms with Gasteiger partial charge in [-0.25, -0.2) is 24.3 Å². The molecule has 3 aromatic heterocycles. The molecule has 0 unspecified atom stereocenters. The number of aliphatic hydroxyl groups is 2. The Labute approximate surface area is 198 Å². The Balaban J connectivity index is 1.48. The average Bonchev–Trinajstić information content (AvgIpc) is 3.08. The monoisotopic (exact) mass is 485 g/mol. The van der Waals surface area contributed by atoms with Crippen LogP contribution < -0.4 is 4.74 Å². The Hall–Kier alpha value is -3.57. The van der Waals surface area contributed by atoms with E-state index in [4.69, 9.17) is 0 Å². The van der Waals surface area contributed by atoms with Crippen LogP contribution in [0.1, 0.15) is 37.0 Å². The van der Waals surface area contributed by atoms with E-state index in [2.05, 4.69) is 24.7 Å². The zero-order chi connectivity index (χ0) is 25.0. The summed E-state index contributed by atoms with van der Waals surface area (Å²) in [6, 6.07) is 7.23. The summed E-state index contributed by atoms with van der Waals surface area (Å²) in [7, 11) is 0. The molecule has 0 saturated heterocycles. The predicted octanol–water partition coefficient (Wildman–Crippen LogP) is 3.72. The van der Waals surface area contributed by atoms with Crippen LogP contribution in [0.5, 0.6) is 5.75 Å². The highest BCUT2D eigenvalue weighted by Crippen LogP contribution is 2.46. The van der Waals surface area contributed by atoms with E-state index in [9.17, 15) is 23.4 Å². The number of hydrogen-bond acceptors (Lipinski definition) is 7. The quantitative estimate of drug-likeness (QED) is 0.429. The maximum Gasteiger partial charge on any atom is 0.387 e. The van der Waals surface area contributed by atoms with Gasteiger partial charge in [0.1, 0.15) is 28.5 Å². The number of fused-ring (bicyclic) bond motifs is 1. The fraction of sp³-hybridized carbons (Fsp3) is 0.333. The number of aromatic nitrogens is 5. The maximum atomic E-state index is 14.6. The molecule has 3 heterocycles. The first-order valence-corrected chi connectivity index (χ1v) is 10.9. The van der Waals surface area contributed by atoms with Gasteiger partial charge >= 0.3 is 6.61 Å². The smallest absolute Gasteiger partial charge is 0.387 e. The van der Waals surface area contributed by atoms with Crippen LogP contribution in [-0.4, -0.2) is 46.9 Å². The first kappa shape index (κ1) is 23.2. The molecule has 0 aliphatic heterocycles. The number of nitrogens with zero attached hydrogens (tertiary/aromatic N) is 5. The lowest BCUT2D eigenvalue weighted by Crippen LogP contribution is -2.53. The Morgan fingerprint density at radius 3 is 2.46 bits per heavy atom. The van der Waals surface area contributed by atoms with E-state index in [1.165, 1.54) is 30.6 Å². The van der Waals surface area contributed by atoms with E-state index < -0.39 is 23.6 Å². The van der Waals surface area contributed by atoms with Crippen molar-refractivity contribution in [3.05, 3.63) is 65.8 Å². The number of pyridine rings is 1. The maximum absolute atomic E-state index is 14.6. The Bertz CT molecular complexity index is 1400. The van der Waals surface area contributed by atoms with Crippen molar-refractivity contribution in [3.63, 3.8) is 0 Å². The van der Waals surface area contributed by atoms with E-state index in [-0.39, 0.29) is 36.5 Å². The molecule has 1 aliphatic rings. The van der Waals surface area contributed by atoms with E-state index in [1.54, 1.807) is 30.5 Å². The zero-order valence-electron chi connectivity index (χ0n) is 18.9. The van der Waals surface area contributed by atoms with Gasteiger partial charge in [0, 0.05) is 36.4 Å². The molecule has 0 atom stereocenters. The van der Waals surface area contributed by atoms with Crippen LogP contribution in [-0.2, 0) is 12.1 Å². The molecule has 11 heteroatoms. The van der Waals surface area contributed by atoms with Crippen molar-refractivity contribution in [3.8, 4) is 17.0 Å². The van der Waals surface area contributed by atoms with Crippen molar-refractivity contribution in [2.45, 2.75) is 51.0 Å². The highest BCUT2D eigenvalue weighted by molar-refractivity contribution is 5.76. The van der Waals surface area contributed by atoms with Gasteiger partial charge in [0.15, 0.2) is 11.5 Å². The molecule has 1 aliphatic carbocycles. The SMILES string of the molecule is Cc1nc2ccc(-c3cnc(C4(O)CC(C)(O)C4)nc3)nc2n1Cc1c(F)cccc1OC(F)F. The lowest BCUT2D eigenvalue weighted by atomic mass is 9.68. The molecule has 0 amide bonds. The van der Waals surface area contributed by atoms with Crippen LogP contribution in [0.15, 0.2) is 42.7 Å². The number of aryl methyl sites for hydroxylation is 1. The second-order valence-electron chi connectivity index (χ2n) is 9.06. The minimum Gasteiger partial charge on any atom is -0.434 e. The van der Waals surface area contributed by atoms with Gasteiger partial charge in [-0.15, -0.1) is 0 Å². The predicted molar refractivity (Wildman–Crippen MR) is 119 cm³/mol. The number of halogens is 3. The number of ether oxygens (including phenoxy) is 1. The molecular formula is C24H22F3N5O3. The van der Waals surface area contributed by atoms with Crippen molar-refractivity contribution >= 4 is 11.2 Å². The summed E-state index contributed by atoms with van der Waals surface area (Å²) >= 11 is 0. The van der Waals surface area contributed by atoms with Crippen molar-refractivity contribution in [2.75, 3.05) is 0 Å². The fourth-order valence-electron chi connectivity index (χ4n) is 4.59. The third kappa shape index (κ3) is 4.32. The highest BCUT2D eigenvalue weighted by Gasteiger charge is 2.53. The molecule has 1 saturated carbocycles. The van der Waals surface area contributed by atoms with E-state index in [0.717, 1.165) is 0 Å². The number of imidazole rings is 1. The van der Waals surface area contributed by atoms with Gasteiger partial charge in [-0.2, -0.15) is 8.78 Å². The fourth-order valence-corrected chi connectivity index (χ4v) is 4.59. The zero-order valence-corrected chi connectivity index (χ0v) is 18.9. The van der Waals surface area contributed by atoms with E-state index in [1.807, 2.05) is 0 Å². The number of alkyl halides is 2. The van der Waals surface area contributed by atoms with Crippen LogP contribution >= 0.6 is 0 Å².